The molecule has 0 aliphatic heterocycles. The van der Waals surface area contributed by atoms with Crippen LogP contribution in [0.3, 0.4) is 0 Å². The molecule has 0 aliphatic carbocycles. The molecule has 2 aromatic carbocycles. The molecule has 0 spiro atoms. The van der Waals surface area contributed by atoms with Gasteiger partial charge in [-0.25, -0.2) is 0 Å². The van der Waals surface area contributed by atoms with Gasteiger partial charge in [-0.1, -0.05) is 18.2 Å². The standard InChI is InChI=1S/C19H22O4/c1-14-9-15(2)11-18(10-14)22-8-7-19(20)23-13-16-5-4-6-17(12-16)21-3/h4-6,9-12H,7-8,13H2,1-3H3. The smallest absolute Gasteiger partial charge is 0.309 e. The Morgan fingerprint density at radius 1 is 1.00 bits per heavy atom. The van der Waals surface area contributed by atoms with Crippen LogP contribution in [0.5, 0.6) is 11.5 Å². The van der Waals surface area contributed by atoms with Crippen LogP contribution in [0, 0.1) is 13.8 Å². The van der Waals surface area contributed by atoms with Crippen molar-refractivity contribution in [3.8, 4) is 11.5 Å². The lowest BCUT2D eigenvalue weighted by Crippen LogP contribution is -2.10. The van der Waals surface area contributed by atoms with Gasteiger partial charge in [0.2, 0.25) is 0 Å². The summed E-state index contributed by atoms with van der Waals surface area (Å²) in [7, 11) is 1.61. The highest BCUT2D eigenvalue weighted by Crippen LogP contribution is 2.16. The summed E-state index contributed by atoms with van der Waals surface area (Å²) in [4.78, 5) is 11.8. The lowest BCUT2D eigenvalue weighted by Gasteiger charge is -2.09. The normalized spacial score (nSPS) is 10.2. The van der Waals surface area contributed by atoms with Crippen molar-refractivity contribution in [3.63, 3.8) is 0 Å². The number of carbonyl (C=O) groups excluding carboxylic acids is 1. The van der Waals surface area contributed by atoms with Crippen molar-refractivity contribution in [1.82, 2.24) is 0 Å². The first-order valence-corrected chi connectivity index (χ1v) is 7.56. The van der Waals surface area contributed by atoms with Crippen molar-refractivity contribution >= 4 is 5.97 Å². The number of ether oxygens (including phenoxy) is 3. The molecule has 4 nitrogen and oxygen atoms in total. The van der Waals surface area contributed by atoms with E-state index in [4.69, 9.17) is 14.2 Å². The van der Waals surface area contributed by atoms with Crippen molar-refractivity contribution in [3.05, 3.63) is 59.2 Å². The highest BCUT2D eigenvalue weighted by Gasteiger charge is 2.05. The Kier molecular flexibility index (Phi) is 6.03. The summed E-state index contributed by atoms with van der Waals surface area (Å²) in [6.07, 6.45) is 0.219. The number of carbonyl (C=O) groups is 1. The summed E-state index contributed by atoms with van der Waals surface area (Å²) in [6.45, 7) is 4.57. The summed E-state index contributed by atoms with van der Waals surface area (Å²) in [5.74, 6) is 1.25. The molecular formula is C19H22O4. The van der Waals surface area contributed by atoms with Crippen LogP contribution in [0.2, 0.25) is 0 Å². The highest BCUT2D eigenvalue weighted by molar-refractivity contribution is 5.69. The Labute approximate surface area is 137 Å². The van der Waals surface area contributed by atoms with Gasteiger partial charge in [0.1, 0.15) is 18.1 Å². The Hall–Kier alpha value is -2.49. The average Bonchev–Trinajstić information content (AvgIpc) is 2.52. The number of hydrogen-bond donors (Lipinski definition) is 0. The molecule has 2 rings (SSSR count). The topological polar surface area (TPSA) is 44.8 Å². The van der Waals surface area contributed by atoms with Crippen molar-refractivity contribution in [2.75, 3.05) is 13.7 Å². The Morgan fingerprint density at radius 2 is 1.74 bits per heavy atom. The van der Waals surface area contributed by atoms with Crippen molar-refractivity contribution in [2.45, 2.75) is 26.9 Å². The minimum Gasteiger partial charge on any atom is -0.497 e. The molecule has 23 heavy (non-hydrogen) atoms. The number of aryl methyl sites for hydroxylation is 2. The minimum absolute atomic E-state index is 0.219. The second-order valence-electron chi connectivity index (χ2n) is 5.43. The molecule has 0 N–H and O–H groups in total. The van der Waals surface area contributed by atoms with E-state index in [0.717, 1.165) is 28.2 Å². The van der Waals surface area contributed by atoms with Gasteiger partial charge >= 0.3 is 5.97 Å². The SMILES string of the molecule is COc1cccc(COC(=O)CCOc2cc(C)cc(C)c2)c1. The van der Waals surface area contributed by atoms with Crippen LogP contribution in [-0.4, -0.2) is 19.7 Å². The zero-order valence-electron chi connectivity index (χ0n) is 13.8. The highest BCUT2D eigenvalue weighted by atomic mass is 16.5. The molecule has 0 fully saturated rings. The molecule has 0 aromatic heterocycles. The molecule has 0 heterocycles. The van der Waals surface area contributed by atoms with Crippen LogP contribution in [-0.2, 0) is 16.1 Å². The molecule has 122 valence electrons. The summed E-state index contributed by atoms with van der Waals surface area (Å²) >= 11 is 0. The number of rotatable bonds is 7. The number of benzene rings is 2. The fraction of sp³-hybridized carbons (Fsp3) is 0.316. The zero-order chi connectivity index (χ0) is 16.7. The van der Waals surface area contributed by atoms with Crippen LogP contribution in [0.25, 0.3) is 0 Å². The van der Waals surface area contributed by atoms with E-state index in [1.54, 1.807) is 7.11 Å². The predicted molar refractivity (Wildman–Crippen MR) is 88.8 cm³/mol. The molecule has 0 unspecified atom stereocenters. The van der Waals surface area contributed by atoms with Gasteiger partial charge in [-0.3, -0.25) is 4.79 Å². The Morgan fingerprint density at radius 3 is 2.43 bits per heavy atom. The maximum absolute atomic E-state index is 11.8. The Balaban J connectivity index is 1.74. The van der Waals surface area contributed by atoms with Gasteiger partial charge in [-0.2, -0.15) is 0 Å². The Bertz CT molecular complexity index is 644. The van der Waals surface area contributed by atoms with Crippen molar-refractivity contribution in [1.29, 1.82) is 0 Å². The monoisotopic (exact) mass is 314 g/mol. The fourth-order valence-electron chi connectivity index (χ4n) is 2.27. The van der Waals surface area contributed by atoms with Crippen molar-refractivity contribution < 1.29 is 19.0 Å². The number of methoxy groups -OCH3 is 1. The van der Waals surface area contributed by atoms with Gasteiger partial charge in [-0.05, 0) is 54.8 Å². The molecule has 0 atom stereocenters. The second kappa shape index (κ2) is 8.22. The quantitative estimate of drug-likeness (QED) is 0.729. The van der Waals surface area contributed by atoms with E-state index in [0.29, 0.717) is 6.61 Å². The maximum Gasteiger partial charge on any atom is 0.309 e. The van der Waals surface area contributed by atoms with Gasteiger partial charge in [0, 0.05) is 0 Å². The zero-order valence-corrected chi connectivity index (χ0v) is 13.8. The predicted octanol–water partition coefficient (Wildman–Crippen LogP) is 3.82. The molecule has 0 radical (unpaired) electrons. The summed E-state index contributed by atoms with van der Waals surface area (Å²) in [5.41, 5.74) is 3.18. The van der Waals surface area contributed by atoms with Crippen LogP contribution in [0.15, 0.2) is 42.5 Å². The minimum atomic E-state index is -0.280. The molecule has 4 heteroatoms. The number of esters is 1. The molecule has 2 aromatic rings. The maximum atomic E-state index is 11.8. The van der Waals surface area contributed by atoms with E-state index in [2.05, 4.69) is 6.07 Å². The third-order valence-electron chi connectivity index (χ3n) is 3.30. The first kappa shape index (κ1) is 16.9. The van der Waals surface area contributed by atoms with Crippen LogP contribution >= 0.6 is 0 Å². The van der Waals surface area contributed by atoms with Gasteiger partial charge in [0.05, 0.1) is 20.1 Å². The second-order valence-corrected chi connectivity index (χ2v) is 5.43. The third kappa shape index (κ3) is 5.66. The summed E-state index contributed by atoms with van der Waals surface area (Å²) < 4.78 is 16.0. The van der Waals surface area contributed by atoms with Gasteiger partial charge < -0.3 is 14.2 Å². The molecular weight excluding hydrogens is 292 g/mol. The molecule has 0 bridgehead atoms. The molecule has 0 aliphatic rings. The fourth-order valence-corrected chi connectivity index (χ4v) is 2.27. The lowest BCUT2D eigenvalue weighted by molar-refractivity contribution is -0.145. The lowest BCUT2D eigenvalue weighted by atomic mass is 10.1. The van der Waals surface area contributed by atoms with E-state index < -0.39 is 0 Å². The van der Waals surface area contributed by atoms with E-state index >= 15 is 0 Å². The molecule has 0 saturated heterocycles. The summed E-state index contributed by atoms with van der Waals surface area (Å²) in [5, 5.41) is 0. The average molecular weight is 314 g/mol. The summed E-state index contributed by atoms with van der Waals surface area (Å²) in [6, 6.07) is 13.4. The van der Waals surface area contributed by atoms with E-state index in [1.807, 2.05) is 50.2 Å². The van der Waals surface area contributed by atoms with E-state index in [-0.39, 0.29) is 19.0 Å². The van der Waals surface area contributed by atoms with Gasteiger partial charge in [0.15, 0.2) is 0 Å². The van der Waals surface area contributed by atoms with Crippen LogP contribution in [0.4, 0.5) is 0 Å². The van der Waals surface area contributed by atoms with Gasteiger partial charge in [-0.15, -0.1) is 0 Å². The third-order valence-corrected chi connectivity index (χ3v) is 3.30. The number of hydrogen-bond acceptors (Lipinski definition) is 4. The van der Waals surface area contributed by atoms with Crippen LogP contribution < -0.4 is 9.47 Å². The molecule has 0 saturated carbocycles. The first-order valence-electron chi connectivity index (χ1n) is 7.56. The first-order chi connectivity index (χ1) is 11.1. The van der Waals surface area contributed by atoms with E-state index in [9.17, 15) is 4.79 Å². The van der Waals surface area contributed by atoms with E-state index in [1.165, 1.54) is 0 Å². The molecule has 0 amide bonds. The van der Waals surface area contributed by atoms with Crippen LogP contribution in [0.1, 0.15) is 23.1 Å². The van der Waals surface area contributed by atoms with Gasteiger partial charge in [0.25, 0.3) is 0 Å². The largest absolute Gasteiger partial charge is 0.497 e. The van der Waals surface area contributed by atoms with Crippen molar-refractivity contribution in [2.24, 2.45) is 0 Å².